The molecule has 1 saturated carbocycles. The Morgan fingerprint density at radius 3 is 2.38 bits per heavy atom. The Hall–Kier alpha value is -0.790. The van der Waals surface area contributed by atoms with Crippen molar-refractivity contribution in [2.24, 2.45) is 23.4 Å². The first kappa shape index (κ1) is 21.3. The van der Waals surface area contributed by atoms with E-state index < -0.39 is 0 Å². The first-order valence-corrected chi connectivity index (χ1v) is 8.80. The molecule has 6 heteroatoms. The fourth-order valence-corrected chi connectivity index (χ4v) is 3.73. The summed E-state index contributed by atoms with van der Waals surface area (Å²) < 4.78 is 1.94. The first-order valence-electron chi connectivity index (χ1n) is 8.80. The van der Waals surface area contributed by atoms with Gasteiger partial charge in [0, 0.05) is 38.4 Å². The number of hydrogen-bond donors (Lipinski definition) is 2. The van der Waals surface area contributed by atoms with Crippen LogP contribution < -0.4 is 10.6 Å². The highest BCUT2D eigenvalue weighted by atomic mass is 127. The van der Waals surface area contributed by atoms with Crippen LogP contribution in [0.25, 0.3) is 0 Å². The number of guanidine groups is 1. The smallest absolute Gasteiger partial charge is 0.191 e. The second-order valence-corrected chi connectivity index (χ2v) is 7.50. The predicted octanol–water partition coefficient (Wildman–Crippen LogP) is 3.54. The number of nitrogens with one attached hydrogen (secondary N) is 2. The average Bonchev–Trinajstić information content (AvgIpc) is 2.69. The third-order valence-corrected chi connectivity index (χ3v) is 5.20. The van der Waals surface area contributed by atoms with Gasteiger partial charge in [0.1, 0.15) is 0 Å². The monoisotopic (exact) mass is 447 g/mol. The number of nitrogens with zero attached hydrogens (tertiary/aromatic N) is 3. The van der Waals surface area contributed by atoms with E-state index in [1.165, 1.54) is 36.9 Å². The summed E-state index contributed by atoms with van der Waals surface area (Å²) in [4.78, 5) is 4.38. The molecule has 0 aliphatic heterocycles. The SMILES string of the molecule is CN=C(NCc1c(C)nn(C)c1C)NCC1(CC(C)C)CCC1.I. The molecule has 1 heterocycles. The summed E-state index contributed by atoms with van der Waals surface area (Å²) in [5.41, 5.74) is 4.03. The molecule has 2 rings (SSSR count). The lowest BCUT2D eigenvalue weighted by molar-refractivity contribution is 0.104. The molecule has 0 unspecified atom stereocenters. The summed E-state index contributed by atoms with van der Waals surface area (Å²) in [5, 5.41) is 11.5. The highest BCUT2D eigenvalue weighted by molar-refractivity contribution is 14.0. The van der Waals surface area contributed by atoms with Gasteiger partial charge >= 0.3 is 0 Å². The highest BCUT2D eigenvalue weighted by Gasteiger charge is 2.37. The molecule has 0 spiro atoms. The van der Waals surface area contributed by atoms with Gasteiger partial charge in [-0.3, -0.25) is 9.67 Å². The molecule has 0 bridgehead atoms. The maximum Gasteiger partial charge on any atom is 0.191 e. The summed E-state index contributed by atoms with van der Waals surface area (Å²) in [6.07, 6.45) is 5.36. The minimum atomic E-state index is 0. The Bertz CT molecular complexity index is 558. The summed E-state index contributed by atoms with van der Waals surface area (Å²) in [7, 11) is 3.83. The van der Waals surface area contributed by atoms with Crippen LogP contribution in [0.5, 0.6) is 0 Å². The zero-order valence-corrected chi connectivity index (χ0v) is 18.4. The maximum absolute atomic E-state index is 4.47. The minimum absolute atomic E-state index is 0. The molecule has 0 saturated heterocycles. The van der Waals surface area contributed by atoms with E-state index in [1.54, 1.807) is 0 Å². The molecule has 5 nitrogen and oxygen atoms in total. The van der Waals surface area contributed by atoms with Crippen LogP contribution in [0.4, 0.5) is 0 Å². The fourth-order valence-electron chi connectivity index (χ4n) is 3.73. The Labute approximate surface area is 164 Å². The van der Waals surface area contributed by atoms with Crippen molar-refractivity contribution in [1.82, 2.24) is 20.4 Å². The van der Waals surface area contributed by atoms with Crippen molar-refractivity contribution in [3.8, 4) is 0 Å². The second kappa shape index (κ2) is 9.06. The van der Waals surface area contributed by atoms with E-state index in [0.717, 1.165) is 30.7 Å². The number of aromatic nitrogens is 2. The van der Waals surface area contributed by atoms with E-state index in [2.05, 4.69) is 48.4 Å². The molecule has 1 aromatic heterocycles. The van der Waals surface area contributed by atoms with Gasteiger partial charge in [0.25, 0.3) is 0 Å². The molecule has 138 valence electrons. The van der Waals surface area contributed by atoms with Crippen LogP contribution in [0, 0.1) is 25.2 Å². The number of aliphatic imine (C=N–C) groups is 1. The maximum atomic E-state index is 4.47. The molecule has 1 aromatic rings. The van der Waals surface area contributed by atoms with Crippen molar-refractivity contribution < 1.29 is 0 Å². The van der Waals surface area contributed by atoms with Crippen LogP contribution >= 0.6 is 24.0 Å². The van der Waals surface area contributed by atoms with Crippen LogP contribution in [0.3, 0.4) is 0 Å². The third kappa shape index (κ3) is 5.10. The number of aryl methyl sites for hydroxylation is 2. The molecule has 1 aliphatic rings. The van der Waals surface area contributed by atoms with Gasteiger partial charge in [-0.15, -0.1) is 24.0 Å². The van der Waals surface area contributed by atoms with Crippen LogP contribution in [0.2, 0.25) is 0 Å². The van der Waals surface area contributed by atoms with E-state index in [1.807, 2.05) is 18.8 Å². The molecule has 1 aliphatic carbocycles. The zero-order chi connectivity index (χ0) is 17.0. The lowest BCUT2D eigenvalue weighted by Crippen LogP contribution is -2.46. The topological polar surface area (TPSA) is 54.2 Å². The van der Waals surface area contributed by atoms with Crippen LogP contribution in [-0.2, 0) is 13.6 Å². The van der Waals surface area contributed by atoms with E-state index in [4.69, 9.17) is 0 Å². The normalized spacial score (nSPS) is 16.5. The Balaban J connectivity index is 0.00000288. The molecule has 0 atom stereocenters. The van der Waals surface area contributed by atoms with Crippen LogP contribution in [-0.4, -0.2) is 29.3 Å². The van der Waals surface area contributed by atoms with E-state index >= 15 is 0 Å². The molecule has 0 aromatic carbocycles. The average molecular weight is 447 g/mol. The van der Waals surface area contributed by atoms with Crippen molar-refractivity contribution in [2.45, 2.75) is 59.9 Å². The molecule has 0 amide bonds. The van der Waals surface area contributed by atoms with Gasteiger partial charge in [0.05, 0.1) is 5.69 Å². The zero-order valence-electron chi connectivity index (χ0n) is 16.1. The third-order valence-electron chi connectivity index (χ3n) is 5.20. The van der Waals surface area contributed by atoms with Gasteiger partial charge < -0.3 is 10.6 Å². The first-order chi connectivity index (χ1) is 10.9. The van der Waals surface area contributed by atoms with Gasteiger partial charge in [-0.1, -0.05) is 20.3 Å². The van der Waals surface area contributed by atoms with Crippen molar-refractivity contribution in [3.63, 3.8) is 0 Å². The quantitative estimate of drug-likeness (QED) is 0.399. The minimum Gasteiger partial charge on any atom is -0.356 e. The van der Waals surface area contributed by atoms with Crippen molar-refractivity contribution in [1.29, 1.82) is 0 Å². The summed E-state index contributed by atoms with van der Waals surface area (Å²) in [5.74, 6) is 1.65. The van der Waals surface area contributed by atoms with E-state index in [9.17, 15) is 0 Å². The van der Waals surface area contributed by atoms with Gasteiger partial charge in [0.2, 0.25) is 0 Å². The van der Waals surface area contributed by atoms with Gasteiger partial charge in [0.15, 0.2) is 5.96 Å². The number of rotatable bonds is 6. The molecule has 0 radical (unpaired) electrons. The molecular formula is C18H34IN5. The van der Waals surface area contributed by atoms with Crippen molar-refractivity contribution in [2.75, 3.05) is 13.6 Å². The summed E-state index contributed by atoms with van der Waals surface area (Å²) in [6.45, 7) is 10.6. The van der Waals surface area contributed by atoms with E-state index in [0.29, 0.717) is 5.41 Å². The Morgan fingerprint density at radius 1 is 1.29 bits per heavy atom. The second-order valence-electron chi connectivity index (χ2n) is 7.50. The van der Waals surface area contributed by atoms with E-state index in [-0.39, 0.29) is 24.0 Å². The van der Waals surface area contributed by atoms with Crippen molar-refractivity contribution >= 4 is 29.9 Å². The Morgan fingerprint density at radius 2 is 1.96 bits per heavy atom. The predicted molar refractivity (Wildman–Crippen MR) is 112 cm³/mol. The number of halogens is 1. The van der Waals surface area contributed by atoms with Crippen LogP contribution in [0.1, 0.15) is 56.5 Å². The lowest BCUT2D eigenvalue weighted by atomic mass is 9.64. The van der Waals surface area contributed by atoms with Gasteiger partial charge in [-0.25, -0.2) is 0 Å². The van der Waals surface area contributed by atoms with Crippen molar-refractivity contribution in [3.05, 3.63) is 17.0 Å². The van der Waals surface area contributed by atoms with Crippen LogP contribution in [0.15, 0.2) is 4.99 Å². The standard InChI is InChI=1S/C18H33N5.HI/c1-13(2)10-18(8-7-9-18)12-21-17(19-5)20-11-16-14(3)22-23(6)15(16)4;/h13H,7-12H2,1-6H3,(H2,19,20,21);1H. The Kier molecular flexibility index (Phi) is 8.02. The number of hydrogen-bond acceptors (Lipinski definition) is 2. The van der Waals surface area contributed by atoms with Gasteiger partial charge in [-0.2, -0.15) is 5.10 Å². The highest BCUT2D eigenvalue weighted by Crippen LogP contribution is 2.45. The molecule has 24 heavy (non-hydrogen) atoms. The fraction of sp³-hybridized carbons (Fsp3) is 0.778. The largest absolute Gasteiger partial charge is 0.356 e. The summed E-state index contributed by atoms with van der Waals surface area (Å²) in [6, 6.07) is 0. The lowest BCUT2D eigenvalue weighted by Gasteiger charge is -2.43. The van der Waals surface area contributed by atoms with Gasteiger partial charge in [-0.05, 0) is 44.4 Å². The molecule has 2 N–H and O–H groups in total. The summed E-state index contributed by atoms with van der Waals surface area (Å²) >= 11 is 0. The molecular weight excluding hydrogens is 413 g/mol. The molecule has 1 fully saturated rings.